The van der Waals surface area contributed by atoms with Crippen LogP contribution in [0.15, 0.2) is 29.2 Å². The number of benzene rings is 1. The third kappa shape index (κ3) is 3.09. The molecule has 0 unspecified atom stereocenters. The van der Waals surface area contributed by atoms with E-state index in [9.17, 15) is 9.59 Å². The highest BCUT2D eigenvalue weighted by atomic mass is 32.1. The third-order valence-electron chi connectivity index (χ3n) is 4.19. The van der Waals surface area contributed by atoms with Gasteiger partial charge in [-0.15, -0.1) is 11.3 Å². The summed E-state index contributed by atoms with van der Waals surface area (Å²) in [7, 11) is 0. The zero-order valence-electron chi connectivity index (χ0n) is 14.8. The molecule has 0 radical (unpaired) electrons. The lowest BCUT2D eigenvalue weighted by Gasteiger charge is -2.12. The Morgan fingerprint density at radius 3 is 2.64 bits per heavy atom. The molecule has 0 amide bonds. The van der Waals surface area contributed by atoms with E-state index in [0.717, 1.165) is 21.8 Å². The minimum absolute atomic E-state index is 0.0740. The number of aromatic nitrogens is 2. The van der Waals surface area contributed by atoms with Crippen LogP contribution in [0.5, 0.6) is 0 Å². The van der Waals surface area contributed by atoms with Gasteiger partial charge in [-0.3, -0.25) is 4.79 Å². The number of esters is 1. The van der Waals surface area contributed by atoms with Crippen LogP contribution in [0, 0.1) is 13.8 Å². The molecule has 0 aliphatic rings. The van der Waals surface area contributed by atoms with Crippen LogP contribution in [0.2, 0.25) is 0 Å². The predicted molar refractivity (Wildman–Crippen MR) is 100 cm³/mol. The quantitative estimate of drug-likeness (QED) is 0.664. The minimum atomic E-state index is -0.577. The van der Waals surface area contributed by atoms with E-state index < -0.39 is 5.97 Å². The van der Waals surface area contributed by atoms with E-state index in [-0.39, 0.29) is 17.6 Å². The number of carbonyl (C=O) groups is 1. The molecule has 1 aromatic carbocycles. The molecule has 0 bridgehead atoms. The summed E-state index contributed by atoms with van der Waals surface area (Å²) in [5.41, 5.74) is 2.56. The van der Waals surface area contributed by atoms with E-state index in [1.54, 1.807) is 30.5 Å². The number of hydrogen-bond donors (Lipinski definition) is 0. The summed E-state index contributed by atoms with van der Waals surface area (Å²) in [6.45, 7) is 8.62. The molecule has 0 aliphatic carbocycles. The van der Waals surface area contributed by atoms with Gasteiger partial charge in [0.05, 0.1) is 17.8 Å². The number of pyridine rings is 1. The number of ether oxygens (including phenoxy) is 1. The second kappa shape index (κ2) is 6.80. The second-order valence-corrected chi connectivity index (χ2v) is 6.97. The van der Waals surface area contributed by atoms with Crippen LogP contribution in [0.1, 0.15) is 34.8 Å². The van der Waals surface area contributed by atoms with E-state index in [1.165, 1.54) is 4.88 Å². The van der Waals surface area contributed by atoms with Gasteiger partial charge in [-0.25, -0.2) is 9.78 Å². The van der Waals surface area contributed by atoms with Crippen molar-refractivity contribution in [1.29, 1.82) is 0 Å². The first-order chi connectivity index (χ1) is 12.0. The van der Waals surface area contributed by atoms with E-state index in [0.29, 0.717) is 11.9 Å². The number of carbonyl (C=O) groups excluding carboxylic acids is 1. The largest absolute Gasteiger partial charge is 0.462 e. The highest BCUT2D eigenvalue weighted by Crippen LogP contribution is 2.29. The molecule has 0 spiro atoms. The molecule has 0 saturated carbocycles. The summed E-state index contributed by atoms with van der Waals surface area (Å²) in [5.74, 6) is -0.577. The van der Waals surface area contributed by atoms with Crippen molar-refractivity contribution >= 4 is 28.2 Å². The first-order valence-electron chi connectivity index (χ1n) is 8.25. The normalized spacial score (nSPS) is 11.0. The zero-order valence-corrected chi connectivity index (χ0v) is 15.6. The van der Waals surface area contributed by atoms with Gasteiger partial charge in [0.15, 0.2) is 0 Å². The summed E-state index contributed by atoms with van der Waals surface area (Å²) < 4.78 is 6.91. The van der Waals surface area contributed by atoms with Crippen LogP contribution < -0.4 is 5.43 Å². The maximum atomic E-state index is 12.7. The molecule has 0 fully saturated rings. The van der Waals surface area contributed by atoms with E-state index in [4.69, 9.17) is 4.74 Å². The van der Waals surface area contributed by atoms with Gasteiger partial charge in [-0.2, -0.15) is 0 Å². The topological polar surface area (TPSA) is 61.2 Å². The fourth-order valence-electron chi connectivity index (χ4n) is 2.74. The zero-order chi connectivity index (χ0) is 18.1. The van der Waals surface area contributed by atoms with Crippen molar-refractivity contribution < 1.29 is 9.53 Å². The number of aryl methyl sites for hydroxylation is 3. The molecule has 5 nitrogen and oxygen atoms in total. The smallest absolute Gasteiger partial charge is 0.343 e. The Hall–Kier alpha value is -2.47. The number of fused-ring (bicyclic) bond motifs is 1. The van der Waals surface area contributed by atoms with Crippen molar-refractivity contribution in [2.24, 2.45) is 0 Å². The van der Waals surface area contributed by atoms with E-state index in [1.807, 2.05) is 37.5 Å². The fourth-order valence-corrected chi connectivity index (χ4v) is 3.65. The van der Waals surface area contributed by atoms with Gasteiger partial charge in [-0.1, -0.05) is 6.07 Å². The van der Waals surface area contributed by atoms with Gasteiger partial charge in [0.2, 0.25) is 5.43 Å². The lowest BCUT2D eigenvalue weighted by molar-refractivity contribution is 0.0524. The Balaban J connectivity index is 2.22. The molecular weight excluding hydrogens is 336 g/mol. The summed E-state index contributed by atoms with van der Waals surface area (Å²) >= 11 is 1.64. The van der Waals surface area contributed by atoms with Gasteiger partial charge in [0.1, 0.15) is 10.6 Å². The standard InChI is InChI=1S/C19H20N2O3S/c1-5-21-10-15(19(23)24-6-2)17(22)14-8-7-13(9-16(14)21)18-20-11(3)12(4)25-18/h7-10H,5-6H2,1-4H3. The molecule has 0 atom stereocenters. The molecule has 2 aromatic heterocycles. The number of hydrogen-bond acceptors (Lipinski definition) is 5. The molecule has 2 heterocycles. The van der Waals surface area contributed by atoms with Crippen molar-refractivity contribution in [1.82, 2.24) is 9.55 Å². The van der Waals surface area contributed by atoms with E-state index >= 15 is 0 Å². The van der Waals surface area contributed by atoms with Crippen LogP contribution in [-0.2, 0) is 11.3 Å². The third-order valence-corrected chi connectivity index (χ3v) is 5.31. The second-order valence-electron chi connectivity index (χ2n) is 5.77. The first kappa shape index (κ1) is 17.4. The van der Waals surface area contributed by atoms with Crippen LogP contribution in [0.3, 0.4) is 0 Å². The molecule has 6 heteroatoms. The van der Waals surface area contributed by atoms with Crippen LogP contribution in [0.4, 0.5) is 0 Å². The van der Waals surface area contributed by atoms with Gasteiger partial charge in [0.25, 0.3) is 0 Å². The predicted octanol–water partition coefficient (Wildman–Crippen LogP) is 3.94. The van der Waals surface area contributed by atoms with Crippen molar-refractivity contribution in [3.05, 3.63) is 50.8 Å². The summed E-state index contributed by atoms with van der Waals surface area (Å²) in [5, 5.41) is 1.45. The van der Waals surface area contributed by atoms with Gasteiger partial charge < -0.3 is 9.30 Å². The number of thiazole rings is 1. The van der Waals surface area contributed by atoms with Crippen LogP contribution in [0.25, 0.3) is 21.5 Å². The van der Waals surface area contributed by atoms with Gasteiger partial charge in [0, 0.05) is 28.6 Å². The molecule has 130 valence electrons. The number of rotatable bonds is 4. The number of nitrogens with zero attached hydrogens (tertiary/aromatic N) is 2. The highest BCUT2D eigenvalue weighted by molar-refractivity contribution is 7.15. The Morgan fingerprint density at radius 2 is 2.04 bits per heavy atom. The average Bonchev–Trinajstić information content (AvgIpc) is 2.94. The van der Waals surface area contributed by atoms with Crippen molar-refractivity contribution in [3.8, 4) is 10.6 Å². The summed E-state index contributed by atoms with van der Waals surface area (Å²) in [4.78, 5) is 30.5. The Labute approximate surface area is 149 Å². The van der Waals surface area contributed by atoms with Crippen molar-refractivity contribution in [2.45, 2.75) is 34.2 Å². The highest BCUT2D eigenvalue weighted by Gasteiger charge is 2.17. The average molecular weight is 356 g/mol. The minimum Gasteiger partial charge on any atom is -0.462 e. The Bertz CT molecular complexity index is 998. The monoisotopic (exact) mass is 356 g/mol. The van der Waals surface area contributed by atoms with Crippen LogP contribution >= 0.6 is 11.3 Å². The molecule has 0 N–H and O–H groups in total. The Kier molecular flexibility index (Phi) is 4.72. The molecule has 3 rings (SSSR count). The molecule has 25 heavy (non-hydrogen) atoms. The molecule has 0 saturated heterocycles. The molecule has 3 aromatic rings. The lowest BCUT2D eigenvalue weighted by Crippen LogP contribution is -2.20. The van der Waals surface area contributed by atoms with Crippen LogP contribution in [-0.4, -0.2) is 22.1 Å². The summed E-state index contributed by atoms with van der Waals surface area (Å²) in [6.07, 6.45) is 1.59. The molecular formula is C19H20N2O3S. The maximum Gasteiger partial charge on any atom is 0.343 e. The lowest BCUT2D eigenvalue weighted by atomic mass is 10.1. The van der Waals surface area contributed by atoms with Gasteiger partial charge >= 0.3 is 5.97 Å². The molecule has 0 aliphatic heterocycles. The first-order valence-corrected chi connectivity index (χ1v) is 9.06. The van der Waals surface area contributed by atoms with Gasteiger partial charge in [-0.05, 0) is 39.8 Å². The van der Waals surface area contributed by atoms with Crippen molar-refractivity contribution in [3.63, 3.8) is 0 Å². The maximum absolute atomic E-state index is 12.7. The van der Waals surface area contributed by atoms with Crippen molar-refractivity contribution in [2.75, 3.05) is 6.61 Å². The Morgan fingerprint density at radius 1 is 1.28 bits per heavy atom. The SMILES string of the molecule is CCOC(=O)c1cn(CC)c2cc(-c3nc(C)c(C)s3)ccc2c1=O. The summed E-state index contributed by atoms with van der Waals surface area (Å²) in [6, 6.07) is 5.62. The van der Waals surface area contributed by atoms with E-state index in [2.05, 4.69) is 4.98 Å². The fraction of sp³-hybridized carbons (Fsp3) is 0.316.